The summed E-state index contributed by atoms with van der Waals surface area (Å²) in [5.41, 5.74) is 2.03. The van der Waals surface area contributed by atoms with Crippen LogP contribution >= 0.6 is 11.3 Å². The third-order valence-corrected chi connectivity index (χ3v) is 1.96. The van der Waals surface area contributed by atoms with E-state index in [0.717, 1.165) is 12.8 Å². The van der Waals surface area contributed by atoms with Gasteiger partial charge in [0.1, 0.15) is 0 Å². The fourth-order valence-electron chi connectivity index (χ4n) is 0.696. The summed E-state index contributed by atoms with van der Waals surface area (Å²) in [6.07, 6.45) is 1.94. The Morgan fingerprint density at radius 1 is 1.75 bits per heavy atom. The Morgan fingerprint density at radius 2 is 2.58 bits per heavy atom. The average molecular weight is 185 g/mol. The highest BCUT2D eigenvalue weighted by molar-refractivity contribution is 7.07. The van der Waals surface area contributed by atoms with E-state index in [1.165, 1.54) is 11.3 Å². The molecule has 0 radical (unpaired) electrons. The normalized spacial score (nSPS) is 9.75. The maximum Gasteiger partial charge on any atom is 0.357 e. The average Bonchev–Trinajstić information content (AvgIpc) is 2.56. The number of nitrogens with zero attached hydrogens (tertiary/aromatic N) is 1. The van der Waals surface area contributed by atoms with Gasteiger partial charge in [-0.15, -0.1) is 11.3 Å². The van der Waals surface area contributed by atoms with E-state index in [9.17, 15) is 4.79 Å². The predicted octanol–water partition coefficient (Wildman–Crippen LogP) is 2.10. The number of thiazole rings is 1. The van der Waals surface area contributed by atoms with E-state index in [2.05, 4.69) is 11.9 Å². The van der Waals surface area contributed by atoms with Crippen LogP contribution in [0.5, 0.6) is 0 Å². The first kappa shape index (κ1) is 9.19. The molecule has 1 aromatic rings. The standard InChI is InChI=1S/C8H11NO2S/c1-2-3-4-11-8(10)7-5-12-6-9-7/h5-6H,2-4H2,1H3. The van der Waals surface area contributed by atoms with Crippen molar-refractivity contribution in [1.29, 1.82) is 0 Å². The Morgan fingerprint density at radius 3 is 3.17 bits per heavy atom. The Hall–Kier alpha value is -0.900. The van der Waals surface area contributed by atoms with Gasteiger partial charge in [0, 0.05) is 5.38 Å². The highest BCUT2D eigenvalue weighted by Gasteiger charge is 2.07. The highest BCUT2D eigenvalue weighted by Crippen LogP contribution is 2.03. The molecule has 12 heavy (non-hydrogen) atoms. The Kier molecular flexibility index (Phi) is 3.73. The lowest BCUT2D eigenvalue weighted by Crippen LogP contribution is -2.06. The zero-order valence-electron chi connectivity index (χ0n) is 6.95. The number of hydrogen-bond acceptors (Lipinski definition) is 4. The fourth-order valence-corrected chi connectivity index (χ4v) is 1.22. The van der Waals surface area contributed by atoms with E-state index in [4.69, 9.17) is 4.74 Å². The van der Waals surface area contributed by atoms with Crippen molar-refractivity contribution in [2.75, 3.05) is 6.61 Å². The first-order chi connectivity index (χ1) is 5.84. The van der Waals surface area contributed by atoms with Gasteiger partial charge in [0.2, 0.25) is 0 Å². The monoisotopic (exact) mass is 185 g/mol. The number of carbonyl (C=O) groups excluding carboxylic acids is 1. The summed E-state index contributed by atoms with van der Waals surface area (Å²) in [5.74, 6) is -0.315. The van der Waals surface area contributed by atoms with E-state index >= 15 is 0 Å². The van der Waals surface area contributed by atoms with Gasteiger partial charge in [-0.05, 0) is 6.42 Å². The molecule has 0 N–H and O–H groups in total. The van der Waals surface area contributed by atoms with Crippen molar-refractivity contribution in [3.63, 3.8) is 0 Å². The van der Waals surface area contributed by atoms with Gasteiger partial charge < -0.3 is 4.74 Å². The van der Waals surface area contributed by atoms with Crippen LogP contribution in [0.25, 0.3) is 0 Å². The molecular formula is C8H11NO2S. The van der Waals surface area contributed by atoms with Crippen LogP contribution in [0.2, 0.25) is 0 Å². The number of aromatic nitrogens is 1. The number of carbonyl (C=O) groups is 1. The molecule has 0 aliphatic rings. The van der Waals surface area contributed by atoms with Gasteiger partial charge in [-0.25, -0.2) is 9.78 Å². The van der Waals surface area contributed by atoms with Crippen LogP contribution in [-0.4, -0.2) is 17.6 Å². The van der Waals surface area contributed by atoms with Crippen molar-refractivity contribution in [2.24, 2.45) is 0 Å². The van der Waals surface area contributed by atoms with Crippen LogP contribution in [0.3, 0.4) is 0 Å². The van der Waals surface area contributed by atoms with Crippen molar-refractivity contribution < 1.29 is 9.53 Å². The van der Waals surface area contributed by atoms with Crippen molar-refractivity contribution >= 4 is 17.3 Å². The largest absolute Gasteiger partial charge is 0.461 e. The van der Waals surface area contributed by atoms with Gasteiger partial charge in [-0.1, -0.05) is 13.3 Å². The van der Waals surface area contributed by atoms with Crippen molar-refractivity contribution in [3.05, 3.63) is 16.6 Å². The first-order valence-electron chi connectivity index (χ1n) is 3.90. The highest BCUT2D eigenvalue weighted by atomic mass is 32.1. The molecule has 4 heteroatoms. The number of rotatable bonds is 4. The van der Waals surface area contributed by atoms with E-state index < -0.39 is 0 Å². The quantitative estimate of drug-likeness (QED) is 0.532. The van der Waals surface area contributed by atoms with Gasteiger partial charge in [-0.2, -0.15) is 0 Å². The van der Waals surface area contributed by atoms with E-state index in [1.807, 2.05) is 0 Å². The summed E-state index contributed by atoms with van der Waals surface area (Å²) in [4.78, 5) is 14.9. The second kappa shape index (κ2) is 4.87. The molecule has 3 nitrogen and oxygen atoms in total. The summed E-state index contributed by atoms with van der Waals surface area (Å²) >= 11 is 1.40. The van der Waals surface area contributed by atoms with E-state index in [1.54, 1.807) is 10.9 Å². The summed E-state index contributed by atoms with van der Waals surface area (Å²) < 4.78 is 4.93. The second-order valence-electron chi connectivity index (χ2n) is 2.36. The first-order valence-corrected chi connectivity index (χ1v) is 4.84. The lowest BCUT2D eigenvalue weighted by Gasteiger charge is -1.99. The van der Waals surface area contributed by atoms with Gasteiger partial charge in [0.25, 0.3) is 0 Å². The van der Waals surface area contributed by atoms with E-state index in [0.29, 0.717) is 12.3 Å². The molecule has 0 saturated carbocycles. The molecule has 0 aliphatic heterocycles. The molecule has 0 aliphatic carbocycles. The molecule has 66 valence electrons. The molecule has 0 amide bonds. The zero-order valence-corrected chi connectivity index (χ0v) is 7.76. The predicted molar refractivity (Wildman–Crippen MR) is 47.3 cm³/mol. The molecule has 0 saturated heterocycles. The Bertz CT molecular complexity index is 233. The van der Waals surface area contributed by atoms with Crippen LogP contribution in [-0.2, 0) is 4.74 Å². The smallest absolute Gasteiger partial charge is 0.357 e. The molecule has 0 unspecified atom stereocenters. The molecule has 0 aromatic carbocycles. The molecule has 0 spiro atoms. The zero-order chi connectivity index (χ0) is 8.81. The lowest BCUT2D eigenvalue weighted by molar-refractivity contribution is 0.0494. The molecule has 0 bridgehead atoms. The maximum absolute atomic E-state index is 11.1. The SMILES string of the molecule is CCCCOC(=O)c1cscn1. The molecule has 1 rings (SSSR count). The van der Waals surface area contributed by atoms with E-state index in [-0.39, 0.29) is 5.97 Å². The van der Waals surface area contributed by atoms with Crippen molar-refractivity contribution in [2.45, 2.75) is 19.8 Å². The summed E-state index contributed by atoms with van der Waals surface area (Å²) in [6, 6.07) is 0. The number of esters is 1. The summed E-state index contributed by atoms with van der Waals surface area (Å²) in [5, 5.41) is 1.69. The van der Waals surface area contributed by atoms with Gasteiger partial charge in [-0.3, -0.25) is 0 Å². The van der Waals surface area contributed by atoms with Crippen molar-refractivity contribution in [1.82, 2.24) is 4.98 Å². The lowest BCUT2D eigenvalue weighted by atomic mass is 10.4. The third kappa shape index (κ3) is 2.62. The minimum Gasteiger partial charge on any atom is -0.461 e. The number of ether oxygens (including phenoxy) is 1. The van der Waals surface area contributed by atoms with Gasteiger partial charge in [0.15, 0.2) is 5.69 Å². The fraction of sp³-hybridized carbons (Fsp3) is 0.500. The molecule has 0 atom stereocenters. The second-order valence-corrected chi connectivity index (χ2v) is 3.08. The van der Waals surface area contributed by atoms with Gasteiger partial charge in [0.05, 0.1) is 12.1 Å². The van der Waals surface area contributed by atoms with Crippen molar-refractivity contribution in [3.8, 4) is 0 Å². The van der Waals surface area contributed by atoms with Crippen LogP contribution in [0, 0.1) is 0 Å². The van der Waals surface area contributed by atoms with Crippen LogP contribution in [0.1, 0.15) is 30.3 Å². The molecule has 1 heterocycles. The topological polar surface area (TPSA) is 39.2 Å². The Balaban J connectivity index is 2.30. The minimum absolute atomic E-state index is 0.315. The number of hydrogen-bond donors (Lipinski definition) is 0. The molecule has 0 fully saturated rings. The Labute approximate surface area is 75.4 Å². The van der Waals surface area contributed by atoms with Gasteiger partial charge >= 0.3 is 5.97 Å². The minimum atomic E-state index is -0.315. The summed E-state index contributed by atoms with van der Waals surface area (Å²) in [7, 11) is 0. The third-order valence-electron chi connectivity index (χ3n) is 1.37. The van der Waals surface area contributed by atoms with Crippen LogP contribution < -0.4 is 0 Å². The summed E-state index contributed by atoms with van der Waals surface area (Å²) in [6.45, 7) is 2.55. The number of unbranched alkanes of at least 4 members (excludes halogenated alkanes) is 1. The molecular weight excluding hydrogens is 174 g/mol. The van der Waals surface area contributed by atoms with Crippen LogP contribution in [0.15, 0.2) is 10.9 Å². The maximum atomic E-state index is 11.1. The molecule has 1 aromatic heterocycles. The van der Waals surface area contributed by atoms with Crippen LogP contribution in [0.4, 0.5) is 0 Å².